The van der Waals surface area contributed by atoms with E-state index in [9.17, 15) is 0 Å². The fourth-order valence-electron chi connectivity index (χ4n) is 0.963. The molecule has 0 amide bonds. The largest absolute Gasteiger partial charge is 0.315 e. The van der Waals surface area contributed by atoms with E-state index >= 15 is 0 Å². The Kier molecular flexibility index (Phi) is 3.53. The maximum atomic E-state index is 6.04. The summed E-state index contributed by atoms with van der Waals surface area (Å²) in [5, 5.41) is 2.03. The Labute approximate surface area is 84.0 Å². The highest BCUT2D eigenvalue weighted by molar-refractivity contribution is 7.10. The van der Waals surface area contributed by atoms with Crippen LogP contribution in [0.25, 0.3) is 0 Å². The first-order chi connectivity index (χ1) is 6.20. The Balaban J connectivity index is 2.76. The van der Waals surface area contributed by atoms with Crippen molar-refractivity contribution in [3.63, 3.8) is 0 Å². The second-order valence-corrected chi connectivity index (χ2v) is 4.04. The molecule has 1 rings (SSSR count). The van der Waals surface area contributed by atoms with Crippen molar-refractivity contribution in [2.45, 2.75) is 32.2 Å². The van der Waals surface area contributed by atoms with E-state index in [-0.39, 0.29) is 5.54 Å². The third-order valence-electron chi connectivity index (χ3n) is 2.22. The molecule has 0 aromatic carbocycles. The molecule has 0 fully saturated rings. The van der Waals surface area contributed by atoms with Gasteiger partial charge in [-0.05, 0) is 24.3 Å². The van der Waals surface area contributed by atoms with Crippen molar-refractivity contribution < 1.29 is 0 Å². The van der Waals surface area contributed by atoms with Crippen LogP contribution in [0.2, 0.25) is 0 Å². The summed E-state index contributed by atoms with van der Waals surface area (Å²) in [6.45, 7) is 4.15. The molecule has 0 radical (unpaired) electrons. The van der Waals surface area contributed by atoms with Crippen molar-refractivity contribution in [2.75, 3.05) is 0 Å². The van der Waals surface area contributed by atoms with Gasteiger partial charge in [-0.3, -0.25) is 0 Å². The van der Waals surface area contributed by atoms with Crippen LogP contribution in [-0.2, 0) is 0 Å². The quantitative estimate of drug-likeness (QED) is 0.718. The summed E-state index contributed by atoms with van der Waals surface area (Å²) in [6, 6.07) is 4.02. The molecular formula is C11H15NS. The number of hydrogen-bond acceptors (Lipinski definition) is 2. The minimum absolute atomic E-state index is 0.302. The fraction of sp³-hybridized carbons (Fsp3) is 0.455. The van der Waals surface area contributed by atoms with E-state index in [0.717, 1.165) is 17.7 Å². The number of rotatable bonds is 2. The van der Waals surface area contributed by atoms with Crippen molar-refractivity contribution in [1.29, 1.82) is 0 Å². The van der Waals surface area contributed by atoms with Crippen LogP contribution < -0.4 is 5.73 Å². The third-order valence-corrected chi connectivity index (χ3v) is 3.00. The van der Waals surface area contributed by atoms with Gasteiger partial charge in [-0.2, -0.15) is 0 Å². The van der Waals surface area contributed by atoms with Gasteiger partial charge in [0.2, 0.25) is 0 Å². The molecule has 0 spiro atoms. The molecule has 1 aromatic rings. The summed E-state index contributed by atoms with van der Waals surface area (Å²) in [6.07, 6.45) is 1.81. The second-order valence-electron chi connectivity index (χ2n) is 3.09. The van der Waals surface area contributed by atoms with Gasteiger partial charge in [0.05, 0.1) is 10.4 Å². The lowest BCUT2D eigenvalue weighted by molar-refractivity contribution is 0.512. The molecule has 1 heterocycles. The molecule has 0 saturated heterocycles. The fourth-order valence-corrected chi connectivity index (χ4v) is 1.53. The van der Waals surface area contributed by atoms with Crippen LogP contribution in [0.3, 0.4) is 0 Å². The van der Waals surface area contributed by atoms with Gasteiger partial charge in [0.1, 0.15) is 0 Å². The normalized spacial score (nSPS) is 10.7. The van der Waals surface area contributed by atoms with E-state index in [1.54, 1.807) is 11.3 Å². The molecule has 1 aromatic heterocycles. The van der Waals surface area contributed by atoms with Crippen molar-refractivity contribution in [3.05, 3.63) is 22.4 Å². The first kappa shape index (κ1) is 10.3. The van der Waals surface area contributed by atoms with Gasteiger partial charge in [0, 0.05) is 0 Å². The second kappa shape index (κ2) is 4.45. The molecule has 0 bridgehead atoms. The van der Waals surface area contributed by atoms with Gasteiger partial charge in [0.25, 0.3) is 0 Å². The Hall–Kier alpha value is -0.780. The molecule has 0 aliphatic carbocycles. The van der Waals surface area contributed by atoms with Gasteiger partial charge in [0.15, 0.2) is 0 Å². The maximum Gasteiger partial charge on any atom is 0.0774 e. The third kappa shape index (κ3) is 2.87. The number of nitrogens with two attached hydrogens (primary N) is 1. The van der Waals surface area contributed by atoms with E-state index in [0.29, 0.717) is 0 Å². The summed E-state index contributed by atoms with van der Waals surface area (Å²) in [5.41, 5.74) is 5.74. The molecular weight excluding hydrogens is 178 g/mol. The molecule has 1 nitrogen and oxygen atoms in total. The van der Waals surface area contributed by atoms with Crippen LogP contribution in [0.1, 0.15) is 31.6 Å². The summed E-state index contributed by atoms with van der Waals surface area (Å²) < 4.78 is 0. The summed E-state index contributed by atoms with van der Waals surface area (Å²) in [7, 11) is 0. The van der Waals surface area contributed by atoms with Crippen LogP contribution in [0, 0.1) is 11.8 Å². The summed E-state index contributed by atoms with van der Waals surface area (Å²) in [4.78, 5) is 1.09. The Morgan fingerprint density at radius 1 is 1.46 bits per heavy atom. The standard InChI is InChI=1S/C11H15NS/c1-3-11(12,4-2)8-7-10-6-5-9-13-10/h5-6,9H,3-4,12H2,1-2H3. The molecule has 2 N–H and O–H groups in total. The van der Waals surface area contributed by atoms with Crippen LogP contribution >= 0.6 is 11.3 Å². The predicted molar refractivity (Wildman–Crippen MR) is 58.7 cm³/mol. The maximum absolute atomic E-state index is 6.04. The zero-order valence-corrected chi connectivity index (χ0v) is 8.95. The van der Waals surface area contributed by atoms with E-state index in [4.69, 9.17) is 5.73 Å². The molecule has 0 aliphatic heterocycles. The van der Waals surface area contributed by atoms with Gasteiger partial charge in [-0.25, -0.2) is 0 Å². The monoisotopic (exact) mass is 193 g/mol. The summed E-state index contributed by atoms with van der Waals surface area (Å²) >= 11 is 1.66. The first-order valence-electron chi connectivity index (χ1n) is 4.56. The topological polar surface area (TPSA) is 26.0 Å². The number of hydrogen-bond donors (Lipinski definition) is 1. The predicted octanol–water partition coefficient (Wildman–Crippen LogP) is 2.62. The van der Waals surface area contributed by atoms with Crippen LogP contribution in [-0.4, -0.2) is 5.54 Å². The van der Waals surface area contributed by atoms with Crippen molar-refractivity contribution in [2.24, 2.45) is 5.73 Å². The Morgan fingerprint density at radius 2 is 2.15 bits per heavy atom. The molecule has 13 heavy (non-hydrogen) atoms. The lowest BCUT2D eigenvalue weighted by Gasteiger charge is -2.18. The van der Waals surface area contributed by atoms with E-state index in [1.165, 1.54) is 0 Å². The highest BCUT2D eigenvalue weighted by atomic mass is 32.1. The lowest BCUT2D eigenvalue weighted by atomic mass is 9.95. The Bertz CT molecular complexity index is 299. The average Bonchev–Trinajstić information content (AvgIpc) is 2.67. The van der Waals surface area contributed by atoms with Crippen LogP contribution in [0.5, 0.6) is 0 Å². The zero-order chi connectivity index (χ0) is 9.73. The SMILES string of the molecule is CCC(N)(C#Cc1cccs1)CC. The first-order valence-corrected chi connectivity index (χ1v) is 5.43. The van der Waals surface area contributed by atoms with Crippen molar-refractivity contribution in [1.82, 2.24) is 0 Å². The highest BCUT2D eigenvalue weighted by Crippen LogP contribution is 2.11. The van der Waals surface area contributed by atoms with E-state index in [1.807, 2.05) is 17.5 Å². The van der Waals surface area contributed by atoms with Crippen LogP contribution in [0.15, 0.2) is 17.5 Å². The minimum Gasteiger partial charge on any atom is -0.315 e. The van der Waals surface area contributed by atoms with Crippen molar-refractivity contribution in [3.8, 4) is 11.8 Å². The summed E-state index contributed by atoms with van der Waals surface area (Å²) in [5.74, 6) is 6.25. The van der Waals surface area contributed by atoms with Gasteiger partial charge in [-0.15, -0.1) is 11.3 Å². The smallest absolute Gasteiger partial charge is 0.0774 e. The number of thiophene rings is 1. The molecule has 2 heteroatoms. The van der Waals surface area contributed by atoms with Gasteiger partial charge < -0.3 is 5.73 Å². The van der Waals surface area contributed by atoms with Crippen LogP contribution in [0.4, 0.5) is 0 Å². The molecule has 0 unspecified atom stereocenters. The lowest BCUT2D eigenvalue weighted by Crippen LogP contribution is -2.36. The molecule has 0 saturated carbocycles. The Morgan fingerprint density at radius 3 is 2.62 bits per heavy atom. The molecule has 0 atom stereocenters. The van der Waals surface area contributed by atoms with Gasteiger partial charge in [-0.1, -0.05) is 31.8 Å². The molecule has 0 aliphatic rings. The molecule has 70 valence electrons. The van der Waals surface area contributed by atoms with Gasteiger partial charge >= 0.3 is 0 Å². The zero-order valence-electron chi connectivity index (χ0n) is 8.13. The van der Waals surface area contributed by atoms with Crippen molar-refractivity contribution >= 4 is 11.3 Å². The highest BCUT2D eigenvalue weighted by Gasteiger charge is 2.15. The minimum atomic E-state index is -0.302. The van der Waals surface area contributed by atoms with E-state index < -0.39 is 0 Å². The van der Waals surface area contributed by atoms with E-state index in [2.05, 4.69) is 25.7 Å². The average molecular weight is 193 g/mol.